The lowest BCUT2D eigenvalue weighted by Crippen LogP contribution is -2.15. The van der Waals surface area contributed by atoms with Crippen molar-refractivity contribution in [1.29, 1.82) is 0 Å². The minimum atomic E-state index is 0.316. The average molecular weight is 249 g/mol. The van der Waals surface area contributed by atoms with Gasteiger partial charge >= 0.3 is 0 Å². The highest BCUT2D eigenvalue weighted by atomic mass is 35.5. The average Bonchev–Trinajstić information content (AvgIpc) is 2.78. The molecule has 0 bridgehead atoms. The molecule has 0 aliphatic heterocycles. The van der Waals surface area contributed by atoms with Crippen LogP contribution in [0.2, 0.25) is 5.15 Å². The van der Waals surface area contributed by atoms with Crippen molar-refractivity contribution in [2.75, 3.05) is 5.32 Å². The van der Waals surface area contributed by atoms with E-state index in [0.29, 0.717) is 11.2 Å². The van der Waals surface area contributed by atoms with Crippen molar-refractivity contribution in [3.8, 4) is 0 Å². The zero-order chi connectivity index (χ0) is 11.7. The van der Waals surface area contributed by atoms with Crippen LogP contribution in [0.3, 0.4) is 0 Å². The quantitative estimate of drug-likeness (QED) is 0.821. The molecule has 2 aromatic heterocycles. The summed E-state index contributed by atoms with van der Waals surface area (Å²) in [6, 6.07) is 6.14. The van der Waals surface area contributed by atoms with Gasteiger partial charge in [0.1, 0.15) is 10.9 Å². The van der Waals surface area contributed by atoms with Crippen molar-refractivity contribution in [1.82, 2.24) is 4.98 Å². The van der Waals surface area contributed by atoms with Crippen LogP contribution in [0.1, 0.15) is 30.2 Å². The van der Waals surface area contributed by atoms with Gasteiger partial charge in [0.15, 0.2) is 0 Å². The molecular formula is C13H13ClN2O. The lowest BCUT2D eigenvalue weighted by Gasteiger charge is -2.23. The van der Waals surface area contributed by atoms with Crippen LogP contribution in [0.15, 0.2) is 35.1 Å². The number of aromatic nitrogens is 1. The van der Waals surface area contributed by atoms with E-state index in [1.54, 1.807) is 12.5 Å². The minimum absolute atomic E-state index is 0.316. The van der Waals surface area contributed by atoms with Crippen molar-refractivity contribution in [2.24, 2.45) is 0 Å². The van der Waals surface area contributed by atoms with Gasteiger partial charge in [-0.2, -0.15) is 0 Å². The third kappa shape index (κ3) is 2.15. The number of hydrogen-bond donors (Lipinski definition) is 1. The number of fused-ring (bicyclic) bond motifs is 1. The first-order valence-corrected chi connectivity index (χ1v) is 6.15. The summed E-state index contributed by atoms with van der Waals surface area (Å²) >= 11 is 5.87. The number of hydrogen-bond acceptors (Lipinski definition) is 3. The van der Waals surface area contributed by atoms with E-state index >= 15 is 0 Å². The highest BCUT2D eigenvalue weighted by molar-refractivity contribution is 6.29. The summed E-state index contributed by atoms with van der Waals surface area (Å²) in [6.07, 6.45) is 6.79. The van der Waals surface area contributed by atoms with Crippen LogP contribution in [-0.2, 0) is 6.42 Å². The van der Waals surface area contributed by atoms with Crippen LogP contribution >= 0.6 is 11.6 Å². The Morgan fingerprint density at radius 2 is 2.35 bits per heavy atom. The first-order valence-electron chi connectivity index (χ1n) is 5.77. The summed E-state index contributed by atoms with van der Waals surface area (Å²) in [5.41, 5.74) is 2.27. The van der Waals surface area contributed by atoms with Gasteiger partial charge in [-0.3, -0.25) is 0 Å². The molecule has 2 aromatic rings. The lowest BCUT2D eigenvalue weighted by atomic mass is 9.93. The Balaban J connectivity index is 1.84. The number of anilines is 1. The van der Waals surface area contributed by atoms with Crippen molar-refractivity contribution in [3.05, 3.63) is 47.1 Å². The van der Waals surface area contributed by atoms with Gasteiger partial charge < -0.3 is 9.73 Å². The molecular weight excluding hydrogens is 236 g/mol. The van der Waals surface area contributed by atoms with Gasteiger partial charge in [-0.05, 0) is 31.0 Å². The molecule has 0 spiro atoms. The molecule has 3 nitrogen and oxygen atoms in total. The molecule has 17 heavy (non-hydrogen) atoms. The SMILES string of the molecule is Clc1cc(NC2CCCc3occc32)ccn1. The molecule has 0 aromatic carbocycles. The Kier molecular flexibility index (Phi) is 2.77. The van der Waals surface area contributed by atoms with E-state index in [9.17, 15) is 0 Å². The number of furan rings is 1. The van der Waals surface area contributed by atoms with Gasteiger partial charge in [0.25, 0.3) is 0 Å². The highest BCUT2D eigenvalue weighted by Gasteiger charge is 2.22. The summed E-state index contributed by atoms with van der Waals surface area (Å²) < 4.78 is 5.47. The summed E-state index contributed by atoms with van der Waals surface area (Å²) in [6.45, 7) is 0. The molecule has 0 fully saturated rings. The Morgan fingerprint density at radius 3 is 3.24 bits per heavy atom. The zero-order valence-electron chi connectivity index (χ0n) is 9.32. The summed E-state index contributed by atoms with van der Waals surface area (Å²) in [5.74, 6) is 1.11. The topological polar surface area (TPSA) is 38.1 Å². The fraction of sp³-hybridized carbons (Fsp3) is 0.308. The summed E-state index contributed by atoms with van der Waals surface area (Å²) in [4.78, 5) is 3.97. The molecule has 0 radical (unpaired) electrons. The van der Waals surface area contributed by atoms with Gasteiger partial charge in [0.2, 0.25) is 0 Å². The number of halogens is 1. The summed E-state index contributed by atoms with van der Waals surface area (Å²) in [7, 11) is 0. The highest BCUT2D eigenvalue weighted by Crippen LogP contribution is 2.33. The van der Waals surface area contributed by atoms with E-state index in [2.05, 4.69) is 16.4 Å². The monoisotopic (exact) mass is 248 g/mol. The molecule has 1 N–H and O–H groups in total. The number of nitrogens with zero attached hydrogens (tertiary/aromatic N) is 1. The van der Waals surface area contributed by atoms with Crippen molar-refractivity contribution in [2.45, 2.75) is 25.3 Å². The van der Waals surface area contributed by atoms with Gasteiger partial charge in [-0.25, -0.2) is 4.98 Å². The smallest absolute Gasteiger partial charge is 0.131 e. The second-order valence-electron chi connectivity index (χ2n) is 4.26. The van der Waals surface area contributed by atoms with Crippen molar-refractivity contribution >= 4 is 17.3 Å². The predicted molar refractivity (Wildman–Crippen MR) is 67.3 cm³/mol. The molecule has 2 heterocycles. The van der Waals surface area contributed by atoms with Crippen LogP contribution < -0.4 is 5.32 Å². The van der Waals surface area contributed by atoms with E-state index in [1.807, 2.05) is 12.1 Å². The third-order valence-corrected chi connectivity index (χ3v) is 3.33. The molecule has 4 heteroatoms. The number of nitrogens with one attached hydrogen (secondary N) is 1. The molecule has 1 aliphatic carbocycles. The predicted octanol–water partition coefficient (Wildman–Crippen LogP) is 3.82. The fourth-order valence-electron chi connectivity index (χ4n) is 2.33. The maximum Gasteiger partial charge on any atom is 0.131 e. The van der Waals surface area contributed by atoms with E-state index in [0.717, 1.165) is 30.7 Å². The van der Waals surface area contributed by atoms with Gasteiger partial charge in [0.05, 0.1) is 12.3 Å². The zero-order valence-corrected chi connectivity index (χ0v) is 10.1. The number of aryl methyl sites for hydroxylation is 1. The standard InChI is InChI=1S/C13H13ClN2O/c14-13-8-9(4-6-15-13)16-11-2-1-3-12-10(11)5-7-17-12/h4-8,11H,1-3H2,(H,15,16). The summed E-state index contributed by atoms with van der Waals surface area (Å²) in [5, 5.41) is 3.99. The van der Waals surface area contributed by atoms with Crippen LogP contribution in [0.25, 0.3) is 0 Å². The Hall–Kier alpha value is -1.48. The Labute approximate surface area is 105 Å². The van der Waals surface area contributed by atoms with Gasteiger partial charge in [-0.1, -0.05) is 11.6 Å². The van der Waals surface area contributed by atoms with E-state index < -0.39 is 0 Å². The van der Waals surface area contributed by atoms with E-state index in [4.69, 9.17) is 16.0 Å². The molecule has 0 saturated heterocycles. The van der Waals surface area contributed by atoms with Crippen LogP contribution in [0.5, 0.6) is 0 Å². The largest absolute Gasteiger partial charge is 0.469 e. The van der Waals surface area contributed by atoms with Crippen molar-refractivity contribution in [3.63, 3.8) is 0 Å². The van der Waals surface area contributed by atoms with E-state index in [-0.39, 0.29) is 0 Å². The first kappa shape index (κ1) is 10.7. The molecule has 1 atom stereocenters. The molecule has 1 aliphatic rings. The van der Waals surface area contributed by atoms with E-state index in [1.165, 1.54) is 5.56 Å². The molecule has 3 rings (SSSR count). The number of rotatable bonds is 2. The van der Waals surface area contributed by atoms with Crippen molar-refractivity contribution < 1.29 is 4.42 Å². The Morgan fingerprint density at radius 1 is 1.41 bits per heavy atom. The first-order chi connectivity index (χ1) is 8.33. The lowest BCUT2D eigenvalue weighted by molar-refractivity contribution is 0.461. The fourth-order valence-corrected chi connectivity index (χ4v) is 2.50. The molecule has 1 unspecified atom stereocenters. The van der Waals surface area contributed by atoms with Gasteiger partial charge in [-0.15, -0.1) is 0 Å². The second-order valence-corrected chi connectivity index (χ2v) is 4.64. The van der Waals surface area contributed by atoms with Crippen LogP contribution in [-0.4, -0.2) is 4.98 Å². The molecule has 0 saturated carbocycles. The Bertz CT molecular complexity index is 524. The maximum absolute atomic E-state index is 5.87. The minimum Gasteiger partial charge on any atom is -0.469 e. The normalized spacial score (nSPS) is 18.8. The number of pyridine rings is 1. The molecule has 88 valence electrons. The van der Waals surface area contributed by atoms with Crippen LogP contribution in [0, 0.1) is 0 Å². The maximum atomic E-state index is 5.87. The second kappa shape index (κ2) is 4.41. The van der Waals surface area contributed by atoms with Crippen LogP contribution in [0.4, 0.5) is 5.69 Å². The third-order valence-electron chi connectivity index (χ3n) is 3.12. The molecule has 0 amide bonds. The van der Waals surface area contributed by atoms with Gasteiger partial charge in [0, 0.05) is 23.9 Å².